The number of alkyl halides is 1. The second-order valence-electron chi connectivity index (χ2n) is 2.75. The number of methoxy groups -OCH3 is 1. The minimum Gasteiger partial charge on any atom is -0.383 e. The second-order valence-corrected chi connectivity index (χ2v) is 3.02. The molecule has 0 radical (unpaired) electrons. The van der Waals surface area contributed by atoms with Gasteiger partial charge in [-0.2, -0.15) is 0 Å². The highest BCUT2D eigenvalue weighted by molar-refractivity contribution is 6.17. The summed E-state index contributed by atoms with van der Waals surface area (Å²) in [6, 6.07) is 8.07. The Hall–Kier alpha value is -0.730. The Morgan fingerprint density at radius 1 is 1.31 bits per heavy atom. The summed E-state index contributed by atoms with van der Waals surface area (Å²) in [6.45, 7) is 1.55. The van der Waals surface area contributed by atoms with Crippen molar-refractivity contribution in [1.29, 1.82) is 0 Å². The highest BCUT2D eigenvalue weighted by Gasteiger charge is 1.91. The van der Waals surface area contributed by atoms with Gasteiger partial charge in [0.15, 0.2) is 0 Å². The first-order valence-electron chi connectivity index (χ1n) is 4.24. The van der Waals surface area contributed by atoms with Crippen molar-refractivity contribution in [2.75, 3.05) is 25.6 Å². The molecule has 3 heteroatoms. The zero-order valence-corrected chi connectivity index (χ0v) is 8.47. The van der Waals surface area contributed by atoms with E-state index in [0.717, 1.165) is 24.4 Å². The van der Waals surface area contributed by atoms with Gasteiger partial charge in [0, 0.05) is 25.2 Å². The van der Waals surface area contributed by atoms with Crippen LogP contribution in [0.25, 0.3) is 0 Å². The van der Waals surface area contributed by atoms with E-state index < -0.39 is 0 Å². The Balaban J connectivity index is 2.40. The lowest BCUT2D eigenvalue weighted by Gasteiger charge is -2.05. The molecule has 0 atom stereocenters. The van der Waals surface area contributed by atoms with E-state index in [4.69, 9.17) is 16.3 Å². The zero-order chi connectivity index (χ0) is 9.52. The lowest BCUT2D eigenvalue weighted by atomic mass is 10.2. The van der Waals surface area contributed by atoms with Crippen molar-refractivity contribution < 1.29 is 4.74 Å². The largest absolute Gasteiger partial charge is 0.383 e. The smallest absolute Gasteiger partial charge is 0.0635 e. The van der Waals surface area contributed by atoms with E-state index in [-0.39, 0.29) is 0 Å². The number of nitrogens with one attached hydrogen (secondary N) is 1. The molecule has 0 saturated carbocycles. The van der Waals surface area contributed by atoms with Crippen LogP contribution >= 0.6 is 11.6 Å². The fourth-order valence-electron chi connectivity index (χ4n) is 1.01. The van der Waals surface area contributed by atoms with Gasteiger partial charge in [0.2, 0.25) is 0 Å². The van der Waals surface area contributed by atoms with Gasteiger partial charge in [-0.05, 0) is 17.7 Å². The summed E-state index contributed by atoms with van der Waals surface area (Å²) in [5.41, 5.74) is 2.24. The highest BCUT2D eigenvalue weighted by atomic mass is 35.5. The summed E-state index contributed by atoms with van der Waals surface area (Å²) >= 11 is 5.67. The Kier molecular flexibility index (Phi) is 4.65. The van der Waals surface area contributed by atoms with E-state index in [1.165, 1.54) is 0 Å². The van der Waals surface area contributed by atoms with Crippen LogP contribution in [0.15, 0.2) is 24.3 Å². The zero-order valence-electron chi connectivity index (χ0n) is 7.72. The number of hydrogen-bond acceptors (Lipinski definition) is 2. The minimum atomic E-state index is 0.568. The van der Waals surface area contributed by atoms with Crippen LogP contribution in [0.5, 0.6) is 0 Å². The summed E-state index contributed by atoms with van der Waals surface area (Å²) in [6.07, 6.45) is 0. The molecule has 1 aromatic carbocycles. The predicted octanol–water partition coefficient (Wildman–Crippen LogP) is 2.48. The maximum atomic E-state index is 5.67. The van der Waals surface area contributed by atoms with Crippen LogP contribution in [0.1, 0.15) is 5.56 Å². The molecule has 72 valence electrons. The fraction of sp³-hybridized carbons (Fsp3) is 0.400. The van der Waals surface area contributed by atoms with Crippen LogP contribution in [0.2, 0.25) is 0 Å². The van der Waals surface area contributed by atoms with Crippen LogP contribution in [-0.2, 0) is 10.6 Å². The standard InChI is InChI=1S/C10H14ClNO/c1-13-7-6-12-10-4-2-9(8-11)3-5-10/h2-5,12H,6-8H2,1H3. The molecule has 0 aliphatic carbocycles. The Bertz CT molecular complexity index is 235. The number of ether oxygens (including phenoxy) is 1. The molecule has 0 fully saturated rings. The number of halogens is 1. The van der Waals surface area contributed by atoms with Crippen molar-refractivity contribution in [3.05, 3.63) is 29.8 Å². The van der Waals surface area contributed by atoms with Gasteiger partial charge in [-0.15, -0.1) is 11.6 Å². The lowest BCUT2D eigenvalue weighted by molar-refractivity contribution is 0.211. The molecular weight excluding hydrogens is 186 g/mol. The third-order valence-corrected chi connectivity index (χ3v) is 2.05. The average Bonchev–Trinajstić information content (AvgIpc) is 2.19. The molecule has 0 unspecified atom stereocenters. The molecule has 0 amide bonds. The van der Waals surface area contributed by atoms with Crippen molar-refractivity contribution in [3.63, 3.8) is 0 Å². The van der Waals surface area contributed by atoms with Crippen molar-refractivity contribution in [2.45, 2.75) is 5.88 Å². The third kappa shape index (κ3) is 3.66. The van der Waals surface area contributed by atoms with Crippen molar-refractivity contribution >= 4 is 17.3 Å². The Labute approximate surface area is 83.9 Å². The quantitative estimate of drug-likeness (QED) is 0.581. The van der Waals surface area contributed by atoms with Gasteiger partial charge >= 0.3 is 0 Å². The fourth-order valence-corrected chi connectivity index (χ4v) is 1.19. The Morgan fingerprint density at radius 3 is 2.54 bits per heavy atom. The van der Waals surface area contributed by atoms with E-state index in [9.17, 15) is 0 Å². The molecule has 1 rings (SSSR count). The average molecular weight is 200 g/mol. The molecule has 1 N–H and O–H groups in total. The van der Waals surface area contributed by atoms with Gasteiger partial charge < -0.3 is 10.1 Å². The van der Waals surface area contributed by atoms with Crippen LogP contribution in [0.4, 0.5) is 5.69 Å². The van der Waals surface area contributed by atoms with Crippen LogP contribution < -0.4 is 5.32 Å². The number of rotatable bonds is 5. The molecule has 0 aliphatic heterocycles. The molecule has 0 bridgehead atoms. The van der Waals surface area contributed by atoms with E-state index >= 15 is 0 Å². The van der Waals surface area contributed by atoms with E-state index in [0.29, 0.717) is 5.88 Å². The van der Waals surface area contributed by atoms with Gasteiger partial charge in [0.1, 0.15) is 0 Å². The van der Waals surface area contributed by atoms with Crippen LogP contribution in [0.3, 0.4) is 0 Å². The molecular formula is C10H14ClNO. The van der Waals surface area contributed by atoms with Crippen LogP contribution in [-0.4, -0.2) is 20.3 Å². The van der Waals surface area contributed by atoms with Crippen molar-refractivity contribution in [2.24, 2.45) is 0 Å². The van der Waals surface area contributed by atoms with E-state index in [1.807, 2.05) is 24.3 Å². The highest BCUT2D eigenvalue weighted by Crippen LogP contribution is 2.10. The van der Waals surface area contributed by atoms with Crippen molar-refractivity contribution in [1.82, 2.24) is 0 Å². The summed E-state index contributed by atoms with van der Waals surface area (Å²) in [7, 11) is 1.69. The van der Waals surface area contributed by atoms with Gasteiger partial charge in [-0.3, -0.25) is 0 Å². The topological polar surface area (TPSA) is 21.3 Å². The van der Waals surface area contributed by atoms with Gasteiger partial charge in [0.25, 0.3) is 0 Å². The number of hydrogen-bond donors (Lipinski definition) is 1. The molecule has 0 heterocycles. The first kappa shape index (κ1) is 10.4. The molecule has 0 aliphatic rings. The molecule has 1 aromatic rings. The molecule has 13 heavy (non-hydrogen) atoms. The van der Waals surface area contributed by atoms with Gasteiger partial charge in [-0.25, -0.2) is 0 Å². The monoisotopic (exact) mass is 199 g/mol. The second kappa shape index (κ2) is 5.84. The number of benzene rings is 1. The predicted molar refractivity (Wildman–Crippen MR) is 56.4 cm³/mol. The summed E-state index contributed by atoms with van der Waals surface area (Å²) < 4.78 is 4.92. The lowest BCUT2D eigenvalue weighted by Crippen LogP contribution is -2.07. The van der Waals surface area contributed by atoms with Gasteiger partial charge in [0.05, 0.1) is 6.61 Å². The summed E-state index contributed by atoms with van der Waals surface area (Å²) in [4.78, 5) is 0. The van der Waals surface area contributed by atoms with Gasteiger partial charge in [-0.1, -0.05) is 12.1 Å². The first-order valence-corrected chi connectivity index (χ1v) is 4.78. The summed E-state index contributed by atoms with van der Waals surface area (Å²) in [5, 5.41) is 3.23. The molecule has 2 nitrogen and oxygen atoms in total. The summed E-state index contributed by atoms with van der Waals surface area (Å²) in [5.74, 6) is 0.568. The molecule has 0 aromatic heterocycles. The van der Waals surface area contributed by atoms with Crippen molar-refractivity contribution in [3.8, 4) is 0 Å². The minimum absolute atomic E-state index is 0.568. The van der Waals surface area contributed by atoms with Crippen LogP contribution in [0, 0.1) is 0 Å². The molecule has 0 saturated heterocycles. The maximum Gasteiger partial charge on any atom is 0.0635 e. The van der Waals surface area contributed by atoms with E-state index in [2.05, 4.69) is 5.32 Å². The normalized spacial score (nSPS) is 10.0. The molecule has 0 spiro atoms. The van der Waals surface area contributed by atoms with E-state index in [1.54, 1.807) is 7.11 Å². The maximum absolute atomic E-state index is 5.67. The first-order chi connectivity index (χ1) is 6.36. The third-order valence-electron chi connectivity index (χ3n) is 1.74. The number of anilines is 1. The SMILES string of the molecule is COCCNc1ccc(CCl)cc1. The Morgan fingerprint density at radius 2 is 2.00 bits per heavy atom.